The van der Waals surface area contributed by atoms with E-state index in [9.17, 15) is 10.1 Å². The quantitative estimate of drug-likeness (QED) is 0.265. The Morgan fingerprint density at radius 2 is 1.94 bits per heavy atom. The van der Waals surface area contributed by atoms with Crippen LogP contribution in [0.5, 0.6) is 5.75 Å². The molecule has 0 radical (unpaired) electrons. The fraction of sp³-hybridized carbons (Fsp3) is 0.308. The van der Waals surface area contributed by atoms with Crippen molar-refractivity contribution >= 4 is 35.0 Å². The third kappa shape index (κ3) is 11.1. The number of allylic oxidation sites excluding steroid dienone is 2. The molecule has 0 bridgehead atoms. The van der Waals surface area contributed by atoms with Gasteiger partial charge in [-0.25, -0.2) is 0 Å². The van der Waals surface area contributed by atoms with Crippen LogP contribution >= 0.6 is 11.6 Å². The first kappa shape index (κ1) is 29.5. The Balaban J connectivity index is 0.00000129. The largest absolute Gasteiger partial charge is 0.497 e. The van der Waals surface area contributed by atoms with Gasteiger partial charge >= 0.3 is 0 Å². The Kier molecular flexibility index (Phi) is 16.3. The van der Waals surface area contributed by atoms with Gasteiger partial charge in [-0.2, -0.15) is 5.26 Å². The van der Waals surface area contributed by atoms with Crippen LogP contribution in [0.4, 0.5) is 11.4 Å². The van der Waals surface area contributed by atoms with Crippen molar-refractivity contribution in [2.75, 3.05) is 50.9 Å². The molecule has 0 saturated heterocycles. The Bertz CT molecular complexity index is 984. The van der Waals surface area contributed by atoms with Gasteiger partial charge in [0.15, 0.2) is 0 Å². The molecular weight excluding hydrogens is 436 g/mol. The molecule has 0 aliphatic rings. The summed E-state index contributed by atoms with van der Waals surface area (Å²) < 4.78 is 5.26. The molecule has 2 aromatic rings. The maximum absolute atomic E-state index is 10.5. The number of rotatable bonds is 7. The van der Waals surface area contributed by atoms with Crippen LogP contribution in [0.3, 0.4) is 0 Å². The van der Waals surface area contributed by atoms with Gasteiger partial charge in [0.25, 0.3) is 0 Å². The lowest BCUT2D eigenvalue weighted by Crippen LogP contribution is -2.11. The number of nitrogens with one attached hydrogen (secondary N) is 2. The Labute approximate surface area is 203 Å². The number of ether oxygens (including phenoxy) is 1. The molecule has 0 spiro atoms. The van der Waals surface area contributed by atoms with E-state index in [-0.39, 0.29) is 0 Å². The molecule has 33 heavy (non-hydrogen) atoms. The third-order valence-electron chi connectivity index (χ3n) is 3.96. The second kappa shape index (κ2) is 18.2. The van der Waals surface area contributed by atoms with Crippen molar-refractivity contribution < 1.29 is 9.53 Å². The molecule has 2 N–H and O–H groups in total. The Morgan fingerprint density at radius 3 is 2.45 bits per heavy atom. The molecular formula is C26H33ClN4O2. The molecule has 6 nitrogen and oxygen atoms in total. The van der Waals surface area contributed by atoms with E-state index in [2.05, 4.69) is 28.5 Å². The van der Waals surface area contributed by atoms with Crippen molar-refractivity contribution in [3.05, 3.63) is 59.7 Å². The molecule has 0 atom stereocenters. The van der Waals surface area contributed by atoms with Crippen molar-refractivity contribution in [1.29, 1.82) is 5.26 Å². The van der Waals surface area contributed by atoms with Crippen LogP contribution in [0.2, 0.25) is 0 Å². The summed E-state index contributed by atoms with van der Waals surface area (Å²) in [6.07, 6.45) is 2.21. The number of benzene rings is 2. The van der Waals surface area contributed by atoms with Gasteiger partial charge in [0, 0.05) is 61.2 Å². The average Bonchev–Trinajstić information content (AvgIpc) is 2.84. The molecule has 0 fully saturated rings. The van der Waals surface area contributed by atoms with Crippen LogP contribution in [-0.2, 0) is 4.79 Å². The molecule has 0 aromatic heterocycles. The first-order chi connectivity index (χ1) is 16.0. The lowest BCUT2D eigenvalue weighted by atomic mass is 10.0. The van der Waals surface area contributed by atoms with E-state index in [0.29, 0.717) is 23.6 Å². The van der Waals surface area contributed by atoms with Crippen LogP contribution < -0.4 is 20.3 Å². The van der Waals surface area contributed by atoms with E-state index in [4.69, 9.17) is 16.3 Å². The summed E-state index contributed by atoms with van der Waals surface area (Å²) >= 11 is 5.24. The lowest BCUT2D eigenvalue weighted by Gasteiger charge is -2.17. The van der Waals surface area contributed by atoms with Crippen LogP contribution in [0.15, 0.2) is 48.5 Å². The highest BCUT2D eigenvalue weighted by molar-refractivity contribution is 6.18. The minimum Gasteiger partial charge on any atom is -0.497 e. The van der Waals surface area contributed by atoms with Gasteiger partial charge in [-0.1, -0.05) is 31.8 Å². The first-order valence-corrected chi connectivity index (χ1v) is 11.0. The number of methoxy groups -OCH3 is 1. The van der Waals surface area contributed by atoms with E-state index in [1.165, 1.54) is 0 Å². The van der Waals surface area contributed by atoms with Crippen molar-refractivity contribution in [2.24, 2.45) is 0 Å². The minimum absolute atomic E-state index is 0.464. The number of alkyl halides is 1. The van der Waals surface area contributed by atoms with Gasteiger partial charge in [0.1, 0.15) is 11.8 Å². The summed E-state index contributed by atoms with van der Waals surface area (Å²) in [5.74, 6) is 7.32. The Morgan fingerprint density at radius 1 is 1.21 bits per heavy atom. The molecule has 7 heteroatoms. The Hall–Kier alpha value is -3.45. The molecule has 0 aliphatic heterocycles. The second-order valence-corrected chi connectivity index (χ2v) is 6.73. The maximum atomic E-state index is 10.5. The number of hydrogen-bond donors (Lipinski definition) is 2. The summed E-state index contributed by atoms with van der Waals surface area (Å²) in [4.78, 5) is 12.4. The minimum atomic E-state index is 0.464. The number of nitriles is 1. The summed E-state index contributed by atoms with van der Waals surface area (Å²) in [5, 5.41) is 15.0. The molecule has 0 aliphatic carbocycles. The summed E-state index contributed by atoms with van der Waals surface area (Å²) in [7, 11) is 7.30. The standard InChI is InChI=1S/C21H19N3O2.C3H8ClN.C2H6/c1-24(2)21-13-19(26-3)10-11-20(21)17(14-22)8-4-6-16-7-5-9-18(12-16)23-15-25;1-5-3-2-4;1-2/h5,7-13,15H,1-3H3,(H,23,25);5H,2-3H2,1H3;1-2H3/b17-8+;;. The van der Waals surface area contributed by atoms with E-state index in [1.54, 1.807) is 31.4 Å². The highest BCUT2D eigenvalue weighted by atomic mass is 35.5. The molecule has 2 rings (SSSR count). The lowest BCUT2D eigenvalue weighted by molar-refractivity contribution is -0.105. The monoisotopic (exact) mass is 468 g/mol. The van der Waals surface area contributed by atoms with Crippen LogP contribution in [0.25, 0.3) is 5.57 Å². The van der Waals surface area contributed by atoms with Crippen molar-refractivity contribution in [3.63, 3.8) is 0 Å². The molecule has 2 aromatic carbocycles. The van der Waals surface area contributed by atoms with E-state index in [0.717, 1.165) is 29.1 Å². The number of carbonyl (C=O) groups excluding carboxylic acids is 1. The zero-order valence-corrected chi connectivity index (χ0v) is 21.0. The zero-order valence-electron chi connectivity index (χ0n) is 20.2. The topological polar surface area (TPSA) is 77.4 Å². The smallest absolute Gasteiger partial charge is 0.211 e. The highest BCUT2D eigenvalue weighted by Crippen LogP contribution is 2.29. The van der Waals surface area contributed by atoms with Gasteiger partial charge < -0.3 is 20.3 Å². The van der Waals surface area contributed by atoms with Crippen LogP contribution in [-0.4, -0.2) is 47.1 Å². The molecule has 0 saturated carbocycles. The SMILES string of the molecule is CC.CNCCCl.COc1ccc(/C(C#N)=C/C#Cc2cccc(NC=O)c2)c(N(C)C)c1. The van der Waals surface area contributed by atoms with Gasteiger partial charge in [-0.3, -0.25) is 4.79 Å². The number of anilines is 2. The predicted octanol–water partition coefficient (Wildman–Crippen LogP) is 4.76. The number of amides is 1. The van der Waals surface area contributed by atoms with E-state index in [1.807, 2.05) is 64.2 Å². The van der Waals surface area contributed by atoms with Crippen molar-refractivity contribution in [2.45, 2.75) is 13.8 Å². The number of carbonyl (C=O) groups is 1. The zero-order chi connectivity index (χ0) is 25.1. The van der Waals surface area contributed by atoms with E-state index >= 15 is 0 Å². The van der Waals surface area contributed by atoms with Crippen LogP contribution in [0, 0.1) is 23.2 Å². The average molecular weight is 469 g/mol. The van der Waals surface area contributed by atoms with Crippen molar-refractivity contribution in [1.82, 2.24) is 5.32 Å². The molecule has 0 heterocycles. The second-order valence-electron chi connectivity index (χ2n) is 6.35. The first-order valence-electron chi connectivity index (χ1n) is 10.5. The summed E-state index contributed by atoms with van der Waals surface area (Å²) in [6, 6.07) is 14.9. The van der Waals surface area contributed by atoms with E-state index < -0.39 is 0 Å². The summed E-state index contributed by atoms with van der Waals surface area (Å²) in [5.41, 5.74) is 3.53. The molecule has 0 unspecified atom stereocenters. The number of halogens is 1. The normalized spacial score (nSPS) is 9.45. The fourth-order valence-electron chi connectivity index (χ4n) is 2.45. The fourth-order valence-corrected chi connectivity index (χ4v) is 2.64. The molecule has 1 amide bonds. The van der Waals surface area contributed by atoms with Gasteiger partial charge in [-0.05, 0) is 37.4 Å². The van der Waals surface area contributed by atoms with Gasteiger partial charge in [0.2, 0.25) is 6.41 Å². The number of hydrogen-bond acceptors (Lipinski definition) is 5. The molecule has 176 valence electrons. The van der Waals surface area contributed by atoms with Gasteiger partial charge in [0.05, 0.1) is 12.7 Å². The van der Waals surface area contributed by atoms with Crippen LogP contribution in [0.1, 0.15) is 25.0 Å². The third-order valence-corrected chi connectivity index (χ3v) is 4.15. The predicted molar refractivity (Wildman–Crippen MR) is 140 cm³/mol. The maximum Gasteiger partial charge on any atom is 0.211 e. The number of nitrogens with zero attached hydrogens (tertiary/aromatic N) is 2. The van der Waals surface area contributed by atoms with Crippen molar-refractivity contribution in [3.8, 4) is 23.7 Å². The summed E-state index contributed by atoms with van der Waals surface area (Å²) in [6.45, 7) is 4.90. The highest BCUT2D eigenvalue weighted by Gasteiger charge is 2.10. The van der Waals surface area contributed by atoms with Gasteiger partial charge in [-0.15, -0.1) is 11.6 Å².